The summed E-state index contributed by atoms with van der Waals surface area (Å²) < 4.78 is 9.09. The summed E-state index contributed by atoms with van der Waals surface area (Å²) in [5.74, 6) is 1.41. The van der Waals surface area contributed by atoms with Crippen molar-refractivity contribution in [2.45, 2.75) is 20.3 Å². The van der Waals surface area contributed by atoms with Crippen LogP contribution in [0.1, 0.15) is 20.3 Å². The van der Waals surface area contributed by atoms with Gasteiger partial charge in [-0.3, -0.25) is 4.79 Å². The van der Waals surface area contributed by atoms with Crippen LogP contribution < -0.4 is 21.1 Å². The van der Waals surface area contributed by atoms with Gasteiger partial charge < -0.3 is 21.1 Å². The average molecular weight is 272 g/mol. The third kappa shape index (κ3) is 4.40. The van der Waals surface area contributed by atoms with Crippen molar-refractivity contribution < 1.29 is 9.53 Å². The van der Waals surface area contributed by atoms with Gasteiger partial charge in [0.1, 0.15) is 0 Å². The Hall–Kier alpha value is -1.50. The molecule has 0 aromatic carbocycles. The minimum atomic E-state index is 0.0349. The van der Waals surface area contributed by atoms with Crippen LogP contribution in [-0.4, -0.2) is 30.5 Å². The van der Waals surface area contributed by atoms with Gasteiger partial charge in [-0.05, 0) is 17.5 Å². The molecule has 0 aliphatic carbocycles. The zero-order chi connectivity index (χ0) is 13.5. The molecule has 0 fully saturated rings. The van der Waals surface area contributed by atoms with Crippen molar-refractivity contribution in [3.05, 3.63) is 0 Å². The minimum Gasteiger partial charge on any atom is -0.490 e. The van der Waals surface area contributed by atoms with E-state index in [0.717, 1.165) is 5.00 Å². The molecule has 0 aliphatic rings. The molecule has 0 bridgehead atoms. The van der Waals surface area contributed by atoms with Gasteiger partial charge in [0.25, 0.3) is 0 Å². The first-order valence-electron chi connectivity index (χ1n) is 5.84. The lowest BCUT2D eigenvalue weighted by molar-refractivity contribution is -0.120. The van der Waals surface area contributed by atoms with Gasteiger partial charge >= 0.3 is 0 Å². The predicted molar refractivity (Wildman–Crippen MR) is 74.0 cm³/mol. The first kappa shape index (κ1) is 14.6. The Balaban J connectivity index is 2.31. The van der Waals surface area contributed by atoms with Gasteiger partial charge in [-0.1, -0.05) is 13.8 Å². The molecule has 0 saturated carbocycles. The Morgan fingerprint density at radius 3 is 2.89 bits per heavy atom. The van der Waals surface area contributed by atoms with Crippen molar-refractivity contribution in [2.75, 3.05) is 31.2 Å². The van der Waals surface area contributed by atoms with Crippen LogP contribution in [0.15, 0.2) is 0 Å². The van der Waals surface area contributed by atoms with Crippen LogP contribution in [0.4, 0.5) is 10.8 Å². The molecule has 1 aromatic rings. The molecule has 18 heavy (non-hydrogen) atoms. The molecule has 0 unspecified atom stereocenters. The van der Waals surface area contributed by atoms with E-state index in [9.17, 15) is 4.79 Å². The lowest BCUT2D eigenvalue weighted by atomic mass is 10.2. The standard InChI is InChI=1S/C11H20N4O2S/c1-7(2)6-14-8(16)4-5-13-11-9(17-3)10(12)15-18-11/h7,13H,4-6H2,1-3H3,(H2,12,15)(H,14,16). The number of carbonyl (C=O) groups excluding carboxylic acids is 1. The number of nitrogen functional groups attached to an aromatic ring is 1. The Labute approximate surface area is 111 Å². The van der Waals surface area contributed by atoms with Crippen molar-refractivity contribution in [3.8, 4) is 5.75 Å². The number of nitrogens with one attached hydrogen (secondary N) is 2. The van der Waals surface area contributed by atoms with E-state index in [-0.39, 0.29) is 5.91 Å². The maximum atomic E-state index is 11.5. The zero-order valence-electron chi connectivity index (χ0n) is 10.9. The Morgan fingerprint density at radius 1 is 1.56 bits per heavy atom. The van der Waals surface area contributed by atoms with Crippen LogP contribution in [0.3, 0.4) is 0 Å². The average Bonchev–Trinajstić information content (AvgIpc) is 2.67. The third-order valence-corrected chi connectivity index (χ3v) is 3.02. The summed E-state index contributed by atoms with van der Waals surface area (Å²) in [4.78, 5) is 11.5. The van der Waals surface area contributed by atoms with Crippen LogP contribution in [0.2, 0.25) is 0 Å². The summed E-state index contributed by atoms with van der Waals surface area (Å²) in [5, 5.41) is 6.70. The molecule has 6 nitrogen and oxygen atoms in total. The molecule has 1 heterocycles. The van der Waals surface area contributed by atoms with E-state index in [1.165, 1.54) is 11.5 Å². The Bertz CT molecular complexity index is 392. The monoisotopic (exact) mass is 272 g/mol. The number of methoxy groups -OCH3 is 1. The number of rotatable bonds is 7. The topological polar surface area (TPSA) is 89.3 Å². The highest BCUT2D eigenvalue weighted by molar-refractivity contribution is 7.11. The Kier molecular flexibility index (Phi) is 5.70. The van der Waals surface area contributed by atoms with Crippen LogP contribution >= 0.6 is 11.5 Å². The number of ether oxygens (including phenoxy) is 1. The SMILES string of the molecule is COc1c(N)nsc1NCCC(=O)NCC(C)C. The van der Waals surface area contributed by atoms with Crippen LogP contribution in [0.5, 0.6) is 5.75 Å². The van der Waals surface area contributed by atoms with Crippen molar-refractivity contribution in [1.29, 1.82) is 0 Å². The normalized spacial score (nSPS) is 10.4. The molecule has 102 valence electrons. The van der Waals surface area contributed by atoms with E-state index in [4.69, 9.17) is 10.5 Å². The lowest BCUT2D eigenvalue weighted by Gasteiger charge is -2.08. The quantitative estimate of drug-likeness (QED) is 0.696. The molecule has 0 radical (unpaired) electrons. The fourth-order valence-corrected chi connectivity index (χ4v) is 2.01. The molecule has 7 heteroatoms. The summed E-state index contributed by atoms with van der Waals surface area (Å²) in [7, 11) is 1.54. The molecule has 0 atom stereocenters. The van der Waals surface area contributed by atoms with Crippen molar-refractivity contribution in [2.24, 2.45) is 5.92 Å². The minimum absolute atomic E-state index is 0.0349. The molecule has 4 N–H and O–H groups in total. The van der Waals surface area contributed by atoms with Crippen LogP contribution in [0, 0.1) is 5.92 Å². The van der Waals surface area contributed by atoms with Crippen molar-refractivity contribution in [1.82, 2.24) is 9.69 Å². The number of anilines is 2. The number of nitrogens with zero attached hydrogens (tertiary/aromatic N) is 1. The van der Waals surface area contributed by atoms with E-state index in [1.807, 2.05) is 0 Å². The van der Waals surface area contributed by atoms with Gasteiger partial charge in [-0.2, -0.15) is 4.37 Å². The second kappa shape index (κ2) is 7.05. The van der Waals surface area contributed by atoms with Gasteiger partial charge in [-0.25, -0.2) is 0 Å². The first-order valence-corrected chi connectivity index (χ1v) is 6.61. The number of nitrogens with two attached hydrogens (primary N) is 1. The van der Waals surface area contributed by atoms with E-state index >= 15 is 0 Å². The number of hydrogen-bond donors (Lipinski definition) is 3. The maximum Gasteiger partial charge on any atom is 0.221 e. The van der Waals surface area contributed by atoms with Crippen LogP contribution in [-0.2, 0) is 4.79 Å². The molecule has 1 aromatic heterocycles. The molecular formula is C11H20N4O2S. The summed E-state index contributed by atoms with van der Waals surface area (Å²) in [5.41, 5.74) is 5.62. The van der Waals surface area contributed by atoms with Gasteiger partial charge in [0.15, 0.2) is 16.6 Å². The predicted octanol–water partition coefficient (Wildman–Crippen LogP) is 1.31. The van der Waals surface area contributed by atoms with Crippen molar-refractivity contribution in [3.63, 3.8) is 0 Å². The summed E-state index contributed by atoms with van der Waals surface area (Å²) in [6.07, 6.45) is 0.410. The van der Waals surface area contributed by atoms with E-state index in [0.29, 0.717) is 37.0 Å². The highest BCUT2D eigenvalue weighted by Gasteiger charge is 2.11. The number of aromatic nitrogens is 1. The molecule has 0 saturated heterocycles. The summed E-state index contributed by atoms with van der Waals surface area (Å²) in [6.45, 7) is 5.35. The number of hydrogen-bond acceptors (Lipinski definition) is 6. The van der Waals surface area contributed by atoms with Crippen LogP contribution in [0.25, 0.3) is 0 Å². The van der Waals surface area contributed by atoms with Gasteiger partial charge in [0.2, 0.25) is 5.91 Å². The molecular weight excluding hydrogens is 252 g/mol. The smallest absolute Gasteiger partial charge is 0.221 e. The maximum absolute atomic E-state index is 11.5. The number of amides is 1. The van der Waals surface area contributed by atoms with Gasteiger partial charge in [0.05, 0.1) is 7.11 Å². The van der Waals surface area contributed by atoms with E-state index < -0.39 is 0 Å². The highest BCUT2D eigenvalue weighted by Crippen LogP contribution is 2.34. The second-order valence-electron chi connectivity index (χ2n) is 4.30. The second-order valence-corrected chi connectivity index (χ2v) is 5.08. The highest BCUT2D eigenvalue weighted by atomic mass is 32.1. The van der Waals surface area contributed by atoms with Gasteiger partial charge in [0, 0.05) is 19.5 Å². The molecule has 1 rings (SSSR count). The third-order valence-electron chi connectivity index (χ3n) is 2.22. The zero-order valence-corrected chi connectivity index (χ0v) is 11.8. The van der Waals surface area contributed by atoms with Gasteiger partial charge in [-0.15, -0.1) is 0 Å². The lowest BCUT2D eigenvalue weighted by Crippen LogP contribution is -2.28. The summed E-state index contributed by atoms with van der Waals surface area (Å²) in [6, 6.07) is 0. The largest absolute Gasteiger partial charge is 0.490 e. The fraction of sp³-hybridized carbons (Fsp3) is 0.636. The molecule has 0 spiro atoms. The summed E-state index contributed by atoms with van der Waals surface area (Å²) >= 11 is 1.23. The van der Waals surface area contributed by atoms with E-state index in [2.05, 4.69) is 28.9 Å². The fourth-order valence-electron chi connectivity index (χ4n) is 1.30. The van der Waals surface area contributed by atoms with E-state index in [1.54, 1.807) is 7.11 Å². The van der Waals surface area contributed by atoms with Crippen molar-refractivity contribution >= 4 is 28.3 Å². The Morgan fingerprint density at radius 2 is 2.28 bits per heavy atom. The molecule has 1 amide bonds. The molecule has 0 aliphatic heterocycles. The first-order chi connectivity index (χ1) is 8.54. The number of carbonyl (C=O) groups is 1.